The van der Waals surface area contributed by atoms with Crippen molar-refractivity contribution in [2.24, 2.45) is 0 Å². The van der Waals surface area contributed by atoms with Crippen molar-refractivity contribution in [1.29, 1.82) is 0 Å². The molecule has 0 saturated heterocycles. The average molecular weight is 522 g/mol. The van der Waals surface area contributed by atoms with Crippen molar-refractivity contribution in [3.63, 3.8) is 0 Å². The van der Waals surface area contributed by atoms with Gasteiger partial charge in [0, 0.05) is 0 Å². The normalized spacial score (nSPS) is 13.4. The first-order valence-corrected chi connectivity index (χ1v) is 20.3. The fraction of sp³-hybridized carbons (Fsp3) is 1.00. The molecule has 0 bridgehead atoms. The molecule has 0 amide bonds. The van der Waals surface area contributed by atoms with Crippen molar-refractivity contribution in [2.45, 2.75) is 161 Å². The summed E-state index contributed by atoms with van der Waals surface area (Å²) >= 11 is 3.98. The van der Waals surface area contributed by atoms with Crippen LogP contribution in [0.15, 0.2) is 0 Å². The molecule has 0 fully saturated rings. The summed E-state index contributed by atoms with van der Waals surface area (Å²) in [5.41, 5.74) is 0. The molecule has 0 aromatic carbocycles. The molecule has 0 saturated carbocycles. The summed E-state index contributed by atoms with van der Waals surface area (Å²) in [6, 6.07) is 0. The zero-order valence-corrected chi connectivity index (χ0v) is 25.0. The minimum absolute atomic E-state index is 1.37. The Balaban J connectivity index is 3.07. The zero-order chi connectivity index (χ0) is 23.1. The molecule has 190 valence electrons. The fourth-order valence-corrected chi connectivity index (χ4v) is 6.65. The second kappa shape index (κ2) is 21.4. The van der Waals surface area contributed by atoms with Crippen molar-refractivity contribution in [1.82, 2.24) is 0 Å². The second-order valence-electron chi connectivity index (χ2n) is 11.8. The Hall–Kier alpha value is 0.910. The Kier molecular flexibility index (Phi) is 22.1. The summed E-state index contributed by atoms with van der Waals surface area (Å²) in [5, 5.41) is -1.42. The number of halogens is 1. The molecule has 2 heteroatoms. The molecule has 31 heavy (non-hydrogen) atoms. The Morgan fingerprint density at radius 3 is 0.742 bits per heavy atom. The van der Waals surface area contributed by atoms with Crippen LogP contribution in [0.1, 0.15) is 161 Å². The topological polar surface area (TPSA) is 0 Å². The SMILES string of the molecule is CCCCCCCCCCCCCCCCCCCCCCCCCCP(C)(C)(C)Br. The first-order chi connectivity index (χ1) is 14.8. The summed E-state index contributed by atoms with van der Waals surface area (Å²) < 4.78 is 0. The van der Waals surface area contributed by atoms with Crippen LogP contribution in [0.5, 0.6) is 0 Å². The van der Waals surface area contributed by atoms with Crippen LogP contribution >= 0.6 is 20.8 Å². The number of hydrogen-bond donors (Lipinski definition) is 0. The van der Waals surface area contributed by atoms with E-state index in [4.69, 9.17) is 0 Å². The molecule has 0 aromatic rings. The Morgan fingerprint density at radius 2 is 0.548 bits per heavy atom. The third kappa shape index (κ3) is 30.9. The van der Waals surface area contributed by atoms with Gasteiger partial charge >= 0.3 is 118 Å². The van der Waals surface area contributed by atoms with E-state index < -0.39 is 5.31 Å². The molecule has 0 aliphatic heterocycles. The quantitative estimate of drug-likeness (QED) is 0.0828. The van der Waals surface area contributed by atoms with Crippen molar-refractivity contribution < 1.29 is 0 Å². The van der Waals surface area contributed by atoms with E-state index in [0.29, 0.717) is 0 Å². The van der Waals surface area contributed by atoms with Gasteiger partial charge in [-0.15, -0.1) is 0 Å². The van der Waals surface area contributed by atoms with E-state index in [-0.39, 0.29) is 0 Å². The van der Waals surface area contributed by atoms with Crippen LogP contribution in [0, 0.1) is 0 Å². The van der Waals surface area contributed by atoms with Gasteiger partial charge in [0.2, 0.25) is 0 Å². The fourth-order valence-electron chi connectivity index (χ4n) is 4.61. The van der Waals surface area contributed by atoms with Gasteiger partial charge < -0.3 is 0 Å². The summed E-state index contributed by atoms with van der Waals surface area (Å²) in [6.07, 6.45) is 36.7. The van der Waals surface area contributed by atoms with Gasteiger partial charge in [-0.2, -0.15) is 0 Å². The van der Waals surface area contributed by atoms with E-state index in [1.54, 1.807) is 0 Å². The molecule has 0 aliphatic rings. The first-order valence-electron chi connectivity index (χ1n) is 14.5. The van der Waals surface area contributed by atoms with Gasteiger partial charge in [-0.05, 0) is 0 Å². The van der Waals surface area contributed by atoms with E-state index in [0.717, 1.165) is 0 Å². The Morgan fingerprint density at radius 1 is 0.355 bits per heavy atom. The van der Waals surface area contributed by atoms with Crippen molar-refractivity contribution in [3.8, 4) is 0 Å². The molecule has 0 radical (unpaired) electrons. The van der Waals surface area contributed by atoms with Gasteiger partial charge in [-0.3, -0.25) is 0 Å². The van der Waals surface area contributed by atoms with Gasteiger partial charge in [0.05, 0.1) is 0 Å². The van der Waals surface area contributed by atoms with E-state index in [9.17, 15) is 0 Å². The van der Waals surface area contributed by atoms with E-state index >= 15 is 0 Å². The molecule has 0 spiro atoms. The second-order valence-corrected chi connectivity index (χ2v) is 25.9. The first kappa shape index (κ1) is 31.9. The van der Waals surface area contributed by atoms with Crippen LogP contribution in [0.4, 0.5) is 0 Å². The minimum atomic E-state index is -1.42. The van der Waals surface area contributed by atoms with Crippen LogP contribution in [0.2, 0.25) is 0 Å². The standard InChI is InChI=1S/C29H62BrP/c1-5-6-7-8-9-10-11-12-13-14-15-16-17-18-19-20-21-22-23-24-25-26-27-28-29-31(2,3,4)30/h5-29H2,1-4H3. The number of rotatable bonds is 25. The monoisotopic (exact) mass is 520 g/mol. The maximum atomic E-state index is 3.98. The van der Waals surface area contributed by atoms with Gasteiger partial charge in [-0.25, -0.2) is 0 Å². The molecule has 0 N–H and O–H groups in total. The molecule has 0 rings (SSSR count). The Bertz CT molecular complexity index is 348. The Labute approximate surface area is 207 Å². The van der Waals surface area contributed by atoms with Gasteiger partial charge in [0.1, 0.15) is 0 Å². The average Bonchev–Trinajstić information content (AvgIpc) is 2.70. The van der Waals surface area contributed by atoms with E-state index in [2.05, 4.69) is 42.4 Å². The maximum absolute atomic E-state index is 3.98. The summed E-state index contributed by atoms with van der Waals surface area (Å²) in [6.45, 7) is 9.61. The van der Waals surface area contributed by atoms with Crippen LogP contribution in [-0.4, -0.2) is 26.2 Å². The molecule has 0 heterocycles. The molecular weight excluding hydrogens is 459 g/mol. The van der Waals surface area contributed by atoms with Crippen LogP contribution in [-0.2, 0) is 0 Å². The predicted octanol–water partition coefficient (Wildman–Crippen LogP) is 12.1. The molecule has 0 aliphatic carbocycles. The number of hydrogen-bond acceptors (Lipinski definition) is 0. The van der Waals surface area contributed by atoms with Crippen LogP contribution in [0.3, 0.4) is 0 Å². The van der Waals surface area contributed by atoms with Crippen LogP contribution in [0.25, 0.3) is 0 Å². The third-order valence-corrected chi connectivity index (χ3v) is 9.66. The summed E-state index contributed by atoms with van der Waals surface area (Å²) in [5.74, 6) is 0. The third-order valence-electron chi connectivity index (χ3n) is 6.77. The summed E-state index contributed by atoms with van der Waals surface area (Å²) in [7, 11) is 0. The van der Waals surface area contributed by atoms with Gasteiger partial charge in [0.25, 0.3) is 0 Å². The molecule has 0 nitrogen and oxygen atoms in total. The molecule has 0 unspecified atom stereocenters. The molecular formula is C29H62BrP. The summed E-state index contributed by atoms with van der Waals surface area (Å²) in [4.78, 5) is 0. The number of unbranched alkanes of at least 4 members (excludes halogenated alkanes) is 23. The molecule has 0 aromatic heterocycles. The van der Waals surface area contributed by atoms with Gasteiger partial charge in [0.15, 0.2) is 0 Å². The van der Waals surface area contributed by atoms with E-state index in [1.807, 2.05) is 0 Å². The molecule has 0 atom stereocenters. The zero-order valence-electron chi connectivity index (χ0n) is 22.5. The van der Waals surface area contributed by atoms with Crippen LogP contribution < -0.4 is 0 Å². The van der Waals surface area contributed by atoms with Crippen molar-refractivity contribution in [3.05, 3.63) is 0 Å². The van der Waals surface area contributed by atoms with Crippen molar-refractivity contribution >= 4 is 20.8 Å². The van der Waals surface area contributed by atoms with Crippen molar-refractivity contribution in [2.75, 3.05) is 26.2 Å². The van der Waals surface area contributed by atoms with Gasteiger partial charge in [-0.1, -0.05) is 90.4 Å². The predicted molar refractivity (Wildman–Crippen MR) is 155 cm³/mol. The van der Waals surface area contributed by atoms with E-state index in [1.165, 1.54) is 160 Å².